The van der Waals surface area contributed by atoms with Crippen LogP contribution in [0.4, 0.5) is 4.79 Å². The van der Waals surface area contributed by atoms with Gasteiger partial charge in [-0.05, 0) is 33.1 Å². The molecule has 3 aliphatic rings. The van der Waals surface area contributed by atoms with E-state index in [-0.39, 0.29) is 30.4 Å². The second kappa shape index (κ2) is 7.70. The Labute approximate surface area is 154 Å². The van der Waals surface area contributed by atoms with Crippen LogP contribution in [0, 0.1) is 11.8 Å². The van der Waals surface area contributed by atoms with Crippen molar-refractivity contribution >= 4 is 12.0 Å². The SMILES string of the molecule is COC1=NC(CC(C2COCO2)C2OC2NC(=O)OC(C)(C)C)C(C)C1. The molecule has 0 aromatic carbocycles. The molecule has 8 heteroatoms. The molecule has 3 rings (SSSR count). The van der Waals surface area contributed by atoms with E-state index in [0.29, 0.717) is 19.3 Å². The van der Waals surface area contributed by atoms with Gasteiger partial charge >= 0.3 is 6.09 Å². The maximum atomic E-state index is 12.0. The molecule has 148 valence electrons. The highest BCUT2D eigenvalue weighted by Gasteiger charge is 2.51. The first-order valence-corrected chi connectivity index (χ1v) is 9.22. The molecule has 0 saturated carbocycles. The number of methoxy groups -OCH3 is 1. The summed E-state index contributed by atoms with van der Waals surface area (Å²) in [5.41, 5.74) is -0.541. The first kappa shape index (κ1) is 19.4. The number of aliphatic imine (C=N–C) groups is 1. The quantitative estimate of drug-likeness (QED) is 0.745. The van der Waals surface area contributed by atoms with Gasteiger partial charge in [0.2, 0.25) is 0 Å². The molecule has 8 nitrogen and oxygen atoms in total. The lowest BCUT2D eigenvalue weighted by atomic mass is 9.86. The van der Waals surface area contributed by atoms with Crippen LogP contribution in [0.1, 0.15) is 40.5 Å². The maximum absolute atomic E-state index is 12.0. The van der Waals surface area contributed by atoms with Crippen LogP contribution in [-0.2, 0) is 23.7 Å². The average molecular weight is 370 g/mol. The molecular formula is C18H30N2O6. The Kier molecular flexibility index (Phi) is 5.74. The van der Waals surface area contributed by atoms with Gasteiger partial charge in [-0.15, -0.1) is 0 Å². The summed E-state index contributed by atoms with van der Waals surface area (Å²) in [6.45, 7) is 8.50. The standard InChI is InChI=1S/C18H30N2O6/c1-10-6-14(22-5)19-12(10)7-11(13-8-23-9-24-13)15-16(25-15)20-17(21)26-18(2,3)4/h10-13,15-16H,6-9H2,1-5H3,(H,20,21). The van der Waals surface area contributed by atoms with Gasteiger partial charge in [0.05, 0.1) is 25.9 Å². The Hall–Kier alpha value is -1.38. The molecule has 0 aromatic rings. The number of carbonyl (C=O) groups is 1. The number of alkyl carbamates (subject to hydrolysis) is 1. The lowest BCUT2D eigenvalue weighted by Gasteiger charge is -2.24. The minimum atomic E-state index is -0.541. The largest absolute Gasteiger partial charge is 0.484 e. The summed E-state index contributed by atoms with van der Waals surface area (Å²) < 4.78 is 27.5. The lowest BCUT2D eigenvalue weighted by molar-refractivity contribution is 0.0186. The van der Waals surface area contributed by atoms with Crippen molar-refractivity contribution in [1.82, 2.24) is 5.32 Å². The second-order valence-electron chi connectivity index (χ2n) is 8.24. The molecule has 2 fully saturated rings. The van der Waals surface area contributed by atoms with Crippen LogP contribution >= 0.6 is 0 Å². The van der Waals surface area contributed by atoms with E-state index in [9.17, 15) is 4.79 Å². The Bertz CT molecular complexity index is 540. The Balaban J connectivity index is 1.59. The van der Waals surface area contributed by atoms with E-state index in [1.54, 1.807) is 7.11 Å². The molecule has 6 atom stereocenters. The molecule has 1 amide bonds. The second-order valence-corrected chi connectivity index (χ2v) is 8.24. The number of rotatable bonds is 5. The summed E-state index contributed by atoms with van der Waals surface area (Å²) in [4.78, 5) is 16.6. The fourth-order valence-corrected chi connectivity index (χ4v) is 3.56. The summed E-state index contributed by atoms with van der Waals surface area (Å²) in [5.74, 6) is 1.29. The molecule has 3 aliphatic heterocycles. The van der Waals surface area contributed by atoms with Gasteiger partial charge in [0.1, 0.15) is 18.5 Å². The van der Waals surface area contributed by atoms with Crippen molar-refractivity contribution in [3.05, 3.63) is 0 Å². The number of epoxide rings is 1. The van der Waals surface area contributed by atoms with Crippen molar-refractivity contribution in [2.45, 2.75) is 70.6 Å². The number of ether oxygens (including phenoxy) is 5. The van der Waals surface area contributed by atoms with E-state index in [1.165, 1.54) is 0 Å². The number of nitrogens with zero attached hydrogens (tertiary/aromatic N) is 1. The predicted molar refractivity (Wildman–Crippen MR) is 93.8 cm³/mol. The zero-order chi connectivity index (χ0) is 18.9. The fraction of sp³-hybridized carbons (Fsp3) is 0.889. The van der Waals surface area contributed by atoms with Gasteiger partial charge in [-0.2, -0.15) is 0 Å². The Morgan fingerprint density at radius 1 is 1.42 bits per heavy atom. The highest BCUT2D eigenvalue weighted by molar-refractivity contribution is 5.78. The normalized spacial score (nSPS) is 35.0. The fourth-order valence-electron chi connectivity index (χ4n) is 3.56. The van der Waals surface area contributed by atoms with Crippen LogP contribution in [0.2, 0.25) is 0 Å². The minimum absolute atomic E-state index is 0.0561. The smallest absolute Gasteiger partial charge is 0.409 e. The molecule has 26 heavy (non-hydrogen) atoms. The van der Waals surface area contributed by atoms with E-state index in [0.717, 1.165) is 18.7 Å². The highest BCUT2D eigenvalue weighted by atomic mass is 16.7. The van der Waals surface area contributed by atoms with Gasteiger partial charge in [-0.3, -0.25) is 10.3 Å². The third kappa shape index (κ3) is 4.86. The van der Waals surface area contributed by atoms with Crippen LogP contribution in [0.15, 0.2) is 4.99 Å². The van der Waals surface area contributed by atoms with Crippen molar-refractivity contribution < 1.29 is 28.5 Å². The van der Waals surface area contributed by atoms with Crippen LogP contribution in [0.25, 0.3) is 0 Å². The lowest BCUT2D eigenvalue weighted by Crippen LogP contribution is -2.38. The summed E-state index contributed by atoms with van der Waals surface area (Å²) in [7, 11) is 1.66. The molecule has 3 heterocycles. The third-order valence-corrected chi connectivity index (χ3v) is 4.94. The van der Waals surface area contributed by atoms with Gasteiger partial charge in [0, 0.05) is 12.3 Å². The van der Waals surface area contributed by atoms with Gasteiger partial charge in [0.25, 0.3) is 0 Å². The van der Waals surface area contributed by atoms with Gasteiger partial charge in [0.15, 0.2) is 12.1 Å². The van der Waals surface area contributed by atoms with Crippen molar-refractivity contribution in [2.75, 3.05) is 20.5 Å². The molecule has 0 aliphatic carbocycles. The summed E-state index contributed by atoms with van der Waals surface area (Å²) in [6, 6.07) is 0.158. The minimum Gasteiger partial charge on any atom is -0.484 e. The van der Waals surface area contributed by atoms with E-state index in [2.05, 4.69) is 17.2 Å². The monoisotopic (exact) mass is 370 g/mol. The van der Waals surface area contributed by atoms with Gasteiger partial charge in [-0.25, -0.2) is 4.79 Å². The number of nitrogens with one attached hydrogen (secondary N) is 1. The Morgan fingerprint density at radius 2 is 2.19 bits per heavy atom. The molecular weight excluding hydrogens is 340 g/mol. The van der Waals surface area contributed by atoms with Gasteiger partial charge in [-0.1, -0.05) is 6.92 Å². The zero-order valence-electron chi connectivity index (χ0n) is 16.2. The topological polar surface area (TPSA) is 90.9 Å². The molecule has 0 aromatic heterocycles. The molecule has 0 spiro atoms. The van der Waals surface area contributed by atoms with E-state index in [1.807, 2.05) is 20.8 Å². The predicted octanol–water partition coefficient (Wildman–Crippen LogP) is 2.07. The van der Waals surface area contributed by atoms with E-state index < -0.39 is 11.7 Å². The number of hydrogen-bond donors (Lipinski definition) is 1. The van der Waals surface area contributed by atoms with E-state index >= 15 is 0 Å². The third-order valence-electron chi connectivity index (χ3n) is 4.94. The molecule has 0 radical (unpaired) electrons. The number of hydrogen-bond acceptors (Lipinski definition) is 7. The van der Waals surface area contributed by atoms with Crippen molar-refractivity contribution in [2.24, 2.45) is 16.8 Å². The number of carbonyl (C=O) groups excluding carboxylic acids is 1. The zero-order valence-corrected chi connectivity index (χ0v) is 16.2. The van der Waals surface area contributed by atoms with Crippen LogP contribution in [-0.4, -0.2) is 62.6 Å². The van der Waals surface area contributed by atoms with Crippen LogP contribution in [0.3, 0.4) is 0 Å². The first-order chi connectivity index (χ1) is 12.3. The maximum Gasteiger partial charge on any atom is 0.409 e. The van der Waals surface area contributed by atoms with E-state index in [4.69, 9.17) is 23.7 Å². The Morgan fingerprint density at radius 3 is 2.77 bits per heavy atom. The highest BCUT2D eigenvalue weighted by Crippen LogP contribution is 2.38. The van der Waals surface area contributed by atoms with Crippen LogP contribution in [0.5, 0.6) is 0 Å². The summed E-state index contributed by atoms with van der Waals surface area (Å²) >= 11 is 0. The first-order valence-electron chi connectivity index (χ1n) is 9.22. The molecule has 1 N–H and O–H groups in total. The summed E-state index contributed by atoms with van der Waals surface area (Å²) in [5, 5.41) is 2.78. The molecule has 0 bridgehead atoms. The molecule has 6 unspecified atom stereocenters. The van der Waals surface area contributed by atoms with Crippen molar-refractivity contribution in [1.29, 1.82) is 0 Å². The van der Waals surface area contributed by atoms with Crippen LogP contribution < -0.4 is 5.32 Å². The average Bonchev–Trinajstić information content (AvgIpc) is 2.96. The van der Waals surface area contributed by atoms with Crippen molar-refractivity contribution in [3.8, 4) is 0 Å². The molecule has 2 saturated heterocycles. The van der Waals surface area contributed by atoms with Crippen molar-refractivity contribution in [3.63, 3.8) is 0 Å². The summed E-state index contributed by atoms with van der Waals surface area (Å²) in [6.07, 6.45) is 0.644. The number of amides is 1. The van der Waals surface area contributed by atoms with Gasteiger partial charge < -0.3 is 23.7 Å².